The molecule has 0 bridgehead atoms. The minimum Gasteiger partial charge on any atom is -0.466 e. The number of methoxy groups -OCH3 is 1. The Morgan fingerprint density at radius 1 is 1.23 bits per heavy atom. The summed E-state index contributed by atoms with van der Waals surface area (Å²) in [6.45, 7) is 12.4. The molecule has 0 unspecified atom stereocenters. The van der Waals surface area contributed by atoms with E-state index in [0.29, 0.717) is 23.3 Å². The molecule has 3 heterocycles. The first-order valence-corrected chi connectivity index (χ1v) is 10.6. The summed E-state index contributed by atoms with van der Waals surface area (Å²) in [7, 11) is 1.60. The van der Waals surface area contributed by atoms with E-state index in [9.17, 15) is 0 Å². The maximum Gasteiger partial charge on any atom is 0.192 e. The van der Waals surface area contributed by atoms with E-state index in [-0.39, 0.29) is 12.3 Å². The number of benzene rings is 1. The van der Waals surface area contributed by atoms with E-state index in [4.69, 9.17) is 23.9 Å². The zero-order valence-corrected chi connectivity index (χ0v) is 19.2. The number of nitrogens with zero attached hydrogens (tertiary/aromatic N) is 4. The van der Waals surface area contributed by atoms with E-state index < -0.39 is 0 Å². The molecule has 0 spiro atoms. The second-order valence-corrected chi connectivity index (χ2v) is 9.09. The second kappa shape index (κ2) is 8.43. The summed E-state index contributed by atoms with van der Waals surface area (Å²) in [4.78, 5) is 16.2. The Morgan fingerprint density at radius 2 is 2.03 bits per heavy atom. The average molecular weight is 426 g/mol. The molecule has 2 aromatic heterocycles. The lowest BCUT2D eigenvalue weighted by Crippen LogP contribution is -2.44. The van der Waals surface area contributed by atoms with Crippen molar-refractivity contribution in [2.24, 2.45) is 0 Å². The van der Waals surface area contributed by atoms with Crippen LogP contribution in [-0.4, -0.2) is 53.5 Å². The van der Waals surface area contributed by atoms with Gasteiger partial charge in [-0.15, -0.1) is 0 Å². The quantitative estimate of drug-likeness (QED) is 0.596. The number of rotatable bonds is 6. The molecule has 1 aliphatic heterocycles. The third kappa shape index (κ3) is 4.65. The Morgan fingerprint density at radius 3 is 2.71 bits per heavy atom. The standard InChI is InChI=1S/C23H31N5O3/c1-14-21-19(31-15(2)26-21)9-17(22(14)30-13-29-6)18-10-25-20(11-24-18)28-8-7-16(12-28)27-23(3,4)5/h9-11,16,27H,7-8,12-13H2,1-6H3/t16-/m1/s1. The zero-order chi connectivity index (χ0) is 22.2. The molecule has 0 amide bonds. The largest absolute Gasteiger partial charge is 0.466 e. The highest BCUT2D eigenvalue weighted by atomic mass is 16.7. The molecule has 1 atom stereocenters. The molecule has 31 heavy (non-hydrogen) atoms. The first-order valence-electron chi connectivity index (χ1n) is 10.6. The zero-order valence-electron chi connectivity index (χ0n) is 19.2. The van der Waals surface area contributed by atoms with E-state index in [2.05, 4.69) is 36.0 Å². The second-order valence-electron chi connectivity index (χ2n) is 9.09. The number of anilines is 1. The maximum absolute atomic E-state index is 5.89. The van der Waals surface area contributed by atoms with Crippen LogP contribution in [0, 0.1) is 13.8 Å². The van der Waals surface area contributed by atoms with Gasteiger partial charge in [0.25, 0.3) is 0 Å². The molecule has 0 aliphatic carbocycles. The molecule has 0 saturated carbocycles. The van der Waals surface area contributed by atoms with Crippen molar-refractivity contribution < 1.29 is 13.9 Å². The number of aromatic nitrogens is 3. The summed E-state index contributed by atoms with van der Waals surface area (Å²) < 4.78 is 16.8. The van der Waals surface area contributed by atoms with E-state index in [1.54, 1.807) is 13.3 Å². The van der Waals surface area contributed by atoms with Crippen LogP contribution in [0.4, 0.5) is 5.82 Å². The van der Waals surface area contributed by atoms with Crippen LogP contribution in [0.3, 0.4) is 0 Å². The van der Waals surface area contributed by atoms with Gasteiger partial charge in [0, 0.05) is 49.8 Å². The molecule has 1 fully saturated rings. The summed E-state index contributed by atoms with van der Waals surface area (Å²) >= 11 is 0. The molecule has 166 valence electrons. The fraction of sp³-hybridized carbons (Fsp3) is 0.522. The maximum atomic E-state index is 5.89. The van der Waals surface area contributed by atoms with Crippen LogP contribution in [0.1, 0.15) is 38.6 Å². The Balaban J connectivity index is 1.61. The van der Waals surface area contributed by atoms with Gasteiger partial charge in [-0.2, -0.15) is 0 Å². The number of oxazole rings is 1. The minimum absolute atomic E-state index is 0.102. The lowest BCUT2D eigenvalue weighted by atomic mass is 10.1. The van der Waals surface area contributed by atoms with Crippen LogP contribution in [0.5, 0.6) is 5.75 Å². The topological polar surface area (TPSA) is 85.5 Å². The van der Waals surface area contributed by atoms with Crippen molar-refractivity contribution in [1.29, 1.82) is 0 Å². The summed E-state index contributed by atoms with van der Waals surface area (Å²) in [5, 5.41) is 3.67. The van der Waals surface area contributed by atoms with Crippen LogP contribution < -0.4 is 15.0 Å². The van der Waals surface area contributed by atoms with Crippen LogP contribution >= 0.6 is 0 Å². The molecule has 1 aromatic carbocycles. The number of fused-ring (bicyclic) bond motifs is 1. The lowest BCUT2D eigenvalue weighted by Gasteiger charge is -2.26. The summed E-state index contributed by atoms with van der Waals surface area (Å²) in [6.07, 6.45) is 4.72. The Hall–Kier alpha value is -2.71. The SMILES string of the molecule is COCOc1c(-c2cnc(N3CC[C@@H](NC(C)(C)C)C3)cn2)cc2oc(C)nc2c1C. The highest BCUT2D eigenvalue weighted by Crippen LogP contribution is 2.37. The van der Waals surface area contributed by atoms with Crippen molar-refractivity contribution in [1.82, 2.24) is 20.3 Å². The highest BCUT2D eigenvalue weighted by molar-refractivity contribution is 5.87. The van der Waals surface area contributed by atoms with Gasteiger partial charge in [-0.25, -0.2) is 9.97 Å². The predicted molar refractivity (Wildman–Crippen MR) is 121 cm³/mol. The molecular formula is C23H31N5O3. The van der Waals surface area contributed by atoms with E-state index in [1.165, 1.54) is 0 Å². The average Bonchev–Trinajstić information content (AvgIpc) is 3.32. The minimum atomic E-state index is 0.102. The van der Waals surface area contributed by atoms with Gasteiger partial charge >= 0.3 is 0 Å². The Labute approximate surface area is 183 Å². The van der Waals surface area contributed by atoms with E-state index >= 15 is 0 Å². The van der Waals surface area contributed by atoms with Gasteiger partial charge in [0.05, 0.1) is 18.1 Å². The van der Waals surface area contributed by atoms with Crippen molar-refractivity contribution in [3.05, 3.63) is 29.9 Å². The third-order valence-electron chi connectivity index (χ3n) is 5.36. The fourth-order valence-corrected chi connectivity index (χ4v) is 4.13. The Bertz CT molecular complexity index is 1060. The normalized spacial score (nSPS) is 17.0. The summed E-state index contributed by atoms with van der Waals surface area (Å²) in [6, 6.07) is 2.37. The van der Waals surface area contributed by atoms with Crippen molar-refractivity contribution in [2.45, 2.75) is 52.6 Å². The van der Waals surface area contributed by atoms with Crippen LogP contribution in [-0.2, 0) is 4.74 Å². The molecular weight excluding hydrogens is 394 g/mol. The fourth-order valence-electron chi connectivity index (χ4n) is 4.13. The summed E-state index contributed by atoms with van der Waals surface area (Å²) in [5.41, 5.74) is 4.01. The Kier molecular flexibility index (Phi) is 5.85. The third-order valence-corrected chi connectivity index (χ3v) is 5.36. The van der Waals surface area contributed by atoms with Crippen molar-refractivity contribution in [3.63, 3.8) is 0 Å². The number of hydrogen-bond acceptors (Lipinski definition) is 8. The molecule has 1 N–H and O–H groups in total. The van der Waals surface area contributed by atoms with Gasteiger partial charge in [0.15, 0.2) is 18.3 Å². The van der Waals surface area contributed by atoms with E-state index in [1.807, 2.05) is 26.1 Å². The highest BCUT2D eigenvalue weighted by Gasteiger charge is 2.27. The van der Waals surface area contributed by atoms with Crippen LogP contribution in [0.15, 0.2) is 22.9 Å². The van der Waals surface area contributed by atoms with Crippen LogP contribution in [0.2, 0.25) is 0 Å². The lowest BCUT2D eigenvalue weighted by molar-refractivity contribution is 0.0511. The van der Waals surface area contributed by atoms with E-state index in [0.717, 1.165) is 47.7 Å². The first-order chi connectivity index (χ1) is 14.7. The molecule has 8 nitrogen and oxygen atoms in total. The number of nitrogens with one attached hydrogen (secondary N) is 1. The van der Waals surface area contributed by atoms with Gasteiger partial charge in [-0.05, 0) is 40.2 Å². The summed E-state index contributed by atoms with van der Waals surface area (Å²) in [5.74, 6) is 2.18. The monoisotopic (exact) mass is 425 g/mol. The smallest absolute Gasteiger partial charge is 0.192 e. The van der Waals surface area contributed by atoms with Gasteiger partial charge in [0.2, 0.25) is 0 Å². The van der Waals surface area contributed by atoms with Gasteiger partial charge < -0.3 is 24.1 Å². The predicted octanol–water partition coefficient (Wildman–Crippen LogP) is 3.85. The molecule has 8 heteroatoms. The van der Waals surface area contributed by atoms with Crippen molar-refractivity contribution in [2.75, 3.05) is 31.9 Å². The van der Waals surface area contributed by atoms with Gasteiger partial charge in [0.1, 0.15) is 17.1 Å². The molecule has 1 saturated heterocycles. The molecule has 1 aliphatic rings. The van der Waals surface area contributed by atoms with Gasteiger partial charge in [-0.1, -0.05) is 0 Å². The van der Waals surface area contributed by atoms with Crippen LogP contribution in [0.25, 0.3) is 22.4 Å². The molecule has 4 rings (SSSR count). The number of ether oxygens (including phenoxy) is 2. The van der Waals surface area contributed by atoms with Crippen molar-refractivity contribution in [3.8, 4) is 17.0 Å². The van der Waals surface area contributed by atoms with Crippen molar-refractivity contribution >= 4 is 16.9 Å². The molecule has 3 aromatic rings. The number of aryl methyl sites for hydroxylation is 2. The van der Waals surface area contributed by atoms with Gasteiger partial charge in [-0.3, -0.25) is 4.98 Å². The first kappa shape index (κ1) is 21.5. The molecule has 0 radical (unpaired) electrons. The number of hydrogen-bond donors (Lipinski definition) is 1.